The van der Waals surface area contributed by atoms with Crippen LogP contribution in [0.5, 0.6) is 0 Å². The lowest BCUT2D eigenvalue weighted by Gasteiger charge is -2.44. The minimum Gasteiger partial charge on any atom is -0.348 e. The van der Waals surface area contributed by atoms with Gasteiger partial charge in [0.2, 0.25) is 0 Å². The Balaban J connectivity index is 1.57. The highest BCUT2D eigenvalue weighted by atomic mass is 16.1. The summed E-state index contributed by atoms with van der Waals surface area (Å²) in [5, 5.41) is 11.1. The zero-order chi connectivity index (χ0) is 13.5. The first-order valence-corrected chi connectivity index (χ1v) is 7.26. The van der Waals surface area contributed by atoms with Gasteiger partial charge in [0.25, 0.3) is 5.91 Å². The number of nitrogens with zero attached hydrogens (tertiary/aromatic N) is 2. The maximum Gasteiger partial charge on any atom is 0.253 e. The molecular weight excluding hydrogens is 252 g/mol. The van der Waals surface area contributed by atoms with Gasteiger partial charge in [0.15, 0.2) is 0 Å². The highest BCUT2D eigenvalue weighted by Gasteiger charge is 2.35. The molecule has 2 N–H and O–H groups in total. The summed E-state index contributed by atoms with van der Waals surface area (Å²) >= 11 is 0. The predicted molar refractivity (Wildman–Crippen MR) is 76.5 cm³/mol. The summed E-state index contributed by atoms with van der Waals surface area (Å²) in [6, 6.07) is 6.02. The third kappa shape index (κ3) is 1.89. The molecule has 1 aromatic heterocycles. The van der Waals surface area contributed by atoms with Crippen molar-refractivity contribution in [2.75, 3.05) is 19.6 Å². The molecule has 3 aliphatic heterocycles. The van der Waals surface area contributed by atoms with Gasteiger partial charge >= 0.3 is 0 Å². The van der Waals surface area contributed by atoms with Crippen molar-refractivity contribution in [3.8, 4) is 0 Å². The van der Waals surface area contributed by atoms with Crippen molar-refractivity contribution in [2.24, 2.45) is 5.92 Å². The second-order valence-corrected chi connectivity index (χ2v) is 5.86. The Labute approximate surface area is 117 Å². The first-order valence-electron chi connectivity index (χ1n) is 7.26. The summed E-state index contributed by atoms with van der Waals surface area (Å²) in [5.74, 6) is 0.656. The number of piperidine rings is 3. The Morgan fingerprint density at radius 3 is 2.95 bits per heavy atom. The van der Waals surface area contributed by atoms with Gasteiger partial charge in [0.1, 0.15) is 0 Å². The van der Waals surface area contributed by atoms with Gasteiger partial charge in [-0.05, 0) is 37.9 Å². The number of H-pyrrole nitrogens is 1. The number of para-hydroxylation sites is 1. The average Bonchev–Trinajstić information content (AvgIpc) is 2.96. The molecule has 0 spiro atoms. The molecule has 2 bridgehead atoms. The zero-order valence-corrected chi connectivity index (χ0v) is 11.3. The van der Waals surface area contributed by atoms with E-state index < -0.39 is 0 Å². The Bertz CT molecular complexity index is 642. The smallest absolute Gasteiger partial charge is 0.253 e. The fourth-order valence-corrected chi connectivity index (χ4v) is 3.53. The van der Waals surface area contributed by atoms with Gasteiger partial charge < -0.3 is 10.2 Å². The molecule has 0 saturated carbocycles. The van der Waals surface area contributed by atoms with E-state index in [0.717, 1.165) is 17.4 Å². The van der Waals surface area contributed by atoms with Crippen LogP contribution in [0.4, 0.5) is 0 Å². The molecule has 5 heteroatoms. The molecule has 2 aromatic rings. The Morgan fingerprint density at radius 2 is 2.20 bits per heavy atom. The summed E-state index contributed by atoms with van der Waals surface area (Å²) in [4.78, 5) is 15.0. The van der Waals surface area contributed by atoms with Gasteiger partial charge in [-0.15, -0.1) is 0 Å². The van der Waals surface area contributed by atoms with Crippen LogP contribution in [0.25, 0.3) is 10.9 Å². The van der Waals surface area contributed by atoms with Crippen LogP contribution in [0.15, 0.2) is 24.4 Å². The molecule has 0 unspecified atom stereocenters. The number of rotatable bonds is 2. The number of carbonyl (C=O) groups excluding carboxylic acids is 1. The predicted octanol–water partition coefficient (Wildman–Crippen LogP) is 1.39. The van der Waals surface area contributed by atoms with E-state index in [4.69, 9.17) is 0 Å². The van der Waals surface area contributed by atoms with Crippen LogP contribution in [0.2, 0.25) is 0 Å². The summed E-state index contributed by atoms with van der Waals surface area (Å²) in [6.07, 6.45) is 4.17. The normalized spacial score (nSPS) is 28.7. The van der Waals surface area contributed by atoms with E-state index in [1.807, 2.05) is 18.2 Å². The molecule has 1 amide bonds. The van der Waals surface area contributed by atoms with Crippen LogP contribution in [-0.4, -0.2) is 46.7 Å². The van der Waals surface area contributed by atoms with E-state index in [9.17, 15) is 4.79 Å². The second kappa shape index (κ2) is 4.59. The molecule has 3 saturated heterocycles. The van der Waals surface area contributed by atoms with Crippen molar-refractivity contribution in [2.45, 2.75) is 18.9 Å². The van der Waals surface area contributed by atoms with Crippen LogP contribution in [0, 0.1) is 5.92 Å². The molecule has 3 aliphatic rings. The first-order chi connectivity index (χ1) is 9.81. The minimum absolute atomic E-state index is 0.0126. The number of carbonyl (C=O) groups is 1. The fourth-order valence-electron chi connectivity index (χ4n) is 3.53. The van der Waals surface area contributed by atoms with E-state index in [1.165, 1.54) is 25.9 Å². The van der Waals surface area contributed by atoms with Crippen LogP contribution in [0.1, 0.15) is 23.2 Å². The number of hydrogen-bond donors (Lipinski definition) is 2. The van der Waals surface area contributed by atoms with Crippen molar-refractivity contribution < 1.29 is 4.79 Å². The molecule has 1 atom stereocenters. The topological polar surface area (TPSA) is 61.0 Å². The lowest BCUT2D eigenvalue weighted by molar-refractivity contribution is 0.0621. The lowest BCUT2D eigenvalue weighted by Crippen LogP contribution is -2.57. The maximum atomic E-state index is 12.5. The molecule has 0 aliphatic carbocycles. The molecule has 0 radical (unpaired) electrons. The highest BCUT2D eigenvalue weighted by molar-refractivity contribution is 6.05. The average molecular weight is 270 g/mol. The van der Waals surface area contributed by atoms with Crippen molar-refractivity contribution in [1.82, 2.24) is 20.4 Å². The third-order valence-electron chi connectivity index (χ3n) is 4.69. The monoisotopic (exact) mass is 270 g/mol. The number of benzene rings is 1. The highest BCUT2D eigenvalue weighted by Crippen LogP contribution is 2.28. The summed E-state index contributed by atoms with van der Waals surface area (Å²) in [7, 11) is 0. The molecule has 104 valence electrons. The fraction of sp³-hybridized carbons (Fsp3) is 0.467. The molecule has 20 heavy (non-hydrogen) atoms. The summed E-state index contributed by atoms with van der Waals surface area (Å²) in [6.45, 7) is 3.37. The molecule has 5 rings (SSSR count). The van der Waals surface area contributed by atoms with Gasteiger partial charge in [-0.2, -0.15) is 5.10 Å². The van der Waals surface area contributed by atoms with E-state index in [0.29, 0.717) is 17.5 Å². The maximum absolute atomic E-state index is 12.5. The number of amides is 1. The number of aromatic nitrogens is 2. The summed E-state index contributed by atoms with van der Waals surface area (Å²) in [5.41, 5.74) is 1.52. The van der Waals surface area contributed by atoms with Gasteiger partial charge in [0, 0.05) is 18.0 Å². The van der Waals surface area contributed by atoms with Crippen LogP contribution in [-0.2, 0) is 0 Å². The Morgan fingerprint density at radius 1 is 1.35 bits per heavy atom. The standard InChI is InChI=1S/C15H18N4O/c20-15(12-3-1-2-11-8-16-18-14(11)12)17-13-9-19-6-4-10(13)5-7-19/h1-3,8,10,13H,4-7,9H2,(H,16,18)(H,17,20)/t13-/m1/s1. The van der Waals surface area contributed by atoms with E-state index in [-0.39, 0.29) is 5.91 Å². The molecule has 3 fully saturated rings. The van der Waals surface area contributed by atoms with E-state index in [1.54, 1.807) is 6.20 Å². The number of nitrogens with one attached hydrogen (secondary N) is 2. The summed E-state index contributed by atoms with van der Waals surface area (Å²) < 4.78 is 0. The van der Waals surface area contributed by atoms with Crippen LogP contribution < -0.4 is 5.32 Å². The minimum atomic E-state index is 0.0126. The lowest BCUT2D eigenvalue weighted by atomic mass is 9.84. The molecule has 5 nitrogen and oxygen atoms in total. The number of fused-ring (bicyclic) bond motifs is 4. The quantitative estimate of drug-likeness (QED) is 0.867. The van der Waals surface area contributed by atoms with Gasteiger partial charge in [-0.3, -0.25) is 9.89 Å². The Hall–Kier alpha value is -1.88. The SMILES string of the molecule is O=C(N[C@@H]1CN2CCC1CC2)c1cccc2cn[nH]c12. The molecule has 4 heterocycles. The van der Waals surface area contributed by atoms with E-state index >= 15 is 0 Å². The largest absolute Gasteiger partial charge is 0.348 e. The third-order valence-corrected chi connectivity index (χ3v) is 4.69. The van der Waals surface area contributed by atoms with Gasteiger partial charge in [-0.1, -0.05) is 12.1 Å². The zero-order valence-electron chi connectivity index (χ0n) is 11.3. The van der Waals surface area contributed by atoms with Gasteiger partial charge in [-0.25, -0.2) is 0 Å². The van der Waals surface area contributed by atoms with E-state index in [2.05, 4.69) is 20.4 Å². The number of hydrogen-bond acceptors (Lipinski definition) is 3. The molecular formula is C15H18N4O. The van der Waals surface area contributed by atoms with Crippen molar-refractivity contribution >= 4 is 16.8 Å². The van der Waals surface area contributed by atoms with Crippen molar-refractivity contribution in [3.05, 3.63) is 30.0 Å². The van der Waals surface area contributed by atoms with Crippen LogP contribution >= 0.6 is 0 Å². The van der Waals surface area contributed by atoms with Crippen LogP contribution in [0.3, 0.4) is 0 Å². The first kappa shape index (κ1) is 11.9. The van der Waals surface area contributed by atoms with Crippen molar-refractivity contribution in [1.29, 1.82) is 0 Å². The molecule has 1 aromatic carbocycles. The second-order valence-electron chi connectivity index (χ2n) is 5.86. The Kier molecular flexibility index (Phi) is 2.73. The van der Waals surface area contributed by atoms with Gasteiger partial charge in [0.05, 0.1) is 17.3 Å². The number of aromatic amines is 1. The van der Waals surface area contributed by atoms with Crippen molar-refractivity contribution in [3.63, 3.8) is 0 Å².